The Morgan fingerprint density at radius 2 is 2.04 bits per heavy atom. The molecule has 2 aromatic rings. The molecule has 3 N–H and O–H groups in total. The van der Waals surface area contributed by atoms with Gasteiger partial charge in [0.1, 0.15) is 0 Å². The van der Waals surface area contributed by atoms with Crippen LogP contribution in [0.2, 0.25) is 0 Å². The highest BCUT2D eigenvalue weighted by molar-refractivity contribution is 6.04. The molecule has 0 unspecified atom stereocenters. The van der Waals surface area contributed by atoms with Crippen molar-refractivity contribution in [3.63, 3.8) is 0 Å². The monoisotopic (exact) mass is 355 g/mol. The number of urea groups is 1. The van der Waals surface area contributed by atoms with E-state index in [1.165, 1.54) is 0 Å². The van der Waals surface area contributed by atoms with Gasteiger partial charge in [-0.05, 0) is 38.8 Å². The van der Waals surface area contributed by atoms with Crippen molar-refractivity contribution in [1.82, 2.24) is 20.4 Å². The van der Waals surface area contributed by atoms with E-state index in [0.717, 1.165) is 25.1 Å². The minimum Gasteiger partial charge on any atom is -0.336 e. The average molecular weight is 355 g/mol. The van der Waals surface area contributed by atoms with Crippen LogP contribution in [0.3, 0.4) is 0 Å². The predicted molar refractivity (Wildman–Crippen MR) is 100 cm³/mol. The zero-order valence-corrected chi connectivity index (χ0v) is 15.2. The molecule has 1 atom stereocenters. The Bertz CT molecular complexity index is 756. The summed E-state index contributed by atoms with van der Waals surface area (Å²) in [5.74, 6) is -0.0475. The number of rotatable bonds is 4. The lowest BCUT2D eigenvalue weighted by molar-refractivity contribution is 0.102. The molecule has 0 radical (unpaired) electrons. The lowest BCUT2D eigenvalue weighted by Gasteiger charge is -2.33. The Labute approximate surface area is 153 Å². The molecule has 0 aliphatic carbocycles. The number of nitrogens with one attached hydrogen (secondary N) is 3. The van der Waals surface area contributed by atoms with Gasteiger partial charge in [-0.3, -0.25) is 9.89 Å². The van der Waals surface area contributed by atoms with Gasteiger partial charge in [-0.2, -0.15) is 5.10 Å². The summed E-state index contributed by atoms with van der Waals surface area (Å²) in [6.45, 7) is 5.25. The Kier molecular flexibility index (Phi) is 5.55. The van der Waals surface area contributed by atoms with E-state index in [4.69, 9.17) is 0 Å². The number of aromatic nitrogens is 2. The average Bonchev–Trinajstić information content (AvgIpc) is 3.10. The fraction of sp³-hybridized carbons (Fsp3) is 0.421. The number of amides is 3. The van der Waals surface area contributed by atoms with E-state index in [1.54, 1.807) is 18.3 Å². The zero-order valence-electron chi connectivity index (χ0n) is 15.2. The van der Waals surface area contributed by atoms with E-state index in [-0.39, 0.29) is 23.9 Å². The first-order valence-corrected chi connectivity index (χ1v) is 8.99. The molecular formula is C19H25N5O2. The standard InChI is InChI=1S/C19H25N5O2/c1-13(2)21-19(26)24-10-6-9-15(12-24)17-16(11-20-23-17)22-18(25)14-7-4-3-5-8-14/h3-5,7-8,11,13,15H,6,9-10,12H2,1-2H3,(H,20,23)(H,21,26)(H,22,25)/t15-/m0/s1. The van der Waals surface area contributed by atoms with Crippen molar-refractivity contribution in [2.75, 3.05) is 18.4 Å². The molecule has 138 valence electrons. The summed E-state index contributed by atoms with van der Waals surface area (Å²) in [5, 5.41) is 13.0. The van der Waals surface area contributed by atoms with Crippen LogP contribution in [-0.4, -0.2) is 46.2 Å². The highest BCUT2D eigenvalue weighted by atomic mass is 16.2. The Morgan fingerprint density at radius 3 is 2.77 bits per heavy atom. The molecular weight excluding hydrogens is 330 g/mol. The van der Waals surface area contributed by atoms with Gasteiger partial charge >= 0.3 is 6.03 Å². The van der Waals surface area contributed by atoms with Crippen LogP contribution >= 0.6 is 0 Å². The smallest absolute Gasteiger partial charge is 0.317 e. The first-order chi connectivity index (χ1) is 12.5. The van der Waals surface area contributed by atoms with Crippen molar-refractivity contribution in [3.8, 4) is 0 Å². The third-order valence-corrected chi connectivity index (χ3v) is 4.48. The SMILES string of the molecule is CC(C)NC(=O)N1CCC[C@H](c2[nH]ncc2NC(=O)c2ccccc2)C1. The molecule has 0 spiro atoms. The van der Waals surface area contributed by atoms with E-state index in [2.05, 4.69) is 20.8 Å². The molecule has 3 rings (SSSR count). The Hall–Kier alpha value is -2.83. The van der Waals surface area contributed by atoms with Crippen LogP contribution in [0.25, 0.3) is 0 Å². The van der Waals surface area contributed by atoms with Crippen molar-refractivity contribution in [2.24, 2.45) is 0 Å². The fourth-order valence-corrected chi connectivity index (χ4v) is 3.23. The second-order valence-corrected chi connectivity index (χ2v) is 6.91. The van der Waals surface area contributed by atoms with Crippen LogP contribution in [0.1, 0.15) is 48.7 Å². The number of carbonyl (C=O) groups is 2. The summed E-state index contributed by atoms with van der Waals surface area (Å²) in [7, 11) is 0. The number of H-pyrrole nitrogens is 1. The van der Waals surface area contributed by atoms with E-state index >= 15 is 0 Å². The summed E-state index contributed by atoms with van der Waals surface area (Å²) in [6, 6.07) is 9.14. The fourth-order valence-electron chi connectivity index (χ4n) is 3.23. The minimum absolute atomic E-state index is 0.0425. The Balaban J connectivity index is 1.69. The summed E-state index contributed by atoms with van der Waals surface area (Å²) in [5.41, 5.74) is 2.15. The second kappa shape index (κ2) is 8.03. The molecule has 7 nitrogen and oxygen atoms in total. The number of anilines is 1. The van der Waals surface area contributed by atoms with Gasteiger partial charge in [0.05, 0.1) is 17.6 Å². The summed E-state index contributed by atoms with van der Waals surface area (Å²) >= 11 is 0. The van der Waals surface area contributed by atoms with Crippen molar-refractivity contribution in [2.45, 2.75) is 38.6 Å². The maximum atomic E-state index is 12.4. The molecule has 26 heavy (non-hydrogen) atoms. The second-order valence-electron chi connectivity index (χ2n) is 6.91. The van der Waals surface area contributed by atoms with E-state index < -0.39 is 0 Å². The maximum Gasteiger partial charge on any atom is 0.317 e. The van der Waals surface area contributed by atoms with Crippen molar-refractivity contribution in [1.29, 1.82) is 0 Å². The zero-order chi connectivity index (χ0) is 18.5. The molecule has 1 aromatic heterocycles. The van der Waals surface area contributed by atoms with Crippen LogP contribution < -0.4 is 10.6 Å². The molecule has 1 aromatic carbocycles. The van der Waals surface area contributed by atoms with Gasteiger partial charge in [0, 0.05) is 30.6 Å². The third-order valence-electron chi connectivity index (χ3n) is 4.48. The first kappa shape index (κ1) is 18.0. The van der Waals surface area contributed by atoms with Crippen LogP contribution in [-0.2, 0) is 0 Å². The molecule has 0 saturated carbocycles. The molecule has 1 saturated heterocycles. The molecule has 1 aliphatic heterocycles. The number of hydrogen-bond acceptors (Lipinski definition) is 3. The highest BCUT2D eigenvalue weighted by Gasteiger charge is 2.28. The van der Waals surface area contributed by atoms with Crippen LogP contribution in [0, 0.1) is 0 Å². The number of hydrogen-bond donors (Lipinski definition) is 3. The van der Waals surface area contributed by atoms with Crippen LogP contribution in [0.4, 0.5) is 10.5 Å². The number of aromatic amines is 1. The number of carbonyl (C=O) groups excluding carboxylic acids is 2. The lowest BCUT2D eigenvalue weighted by atomic mass is 9.94. The summed E-state index contributed by atoms with van der Waals surface area (Å²) in [4.78, 5) is 26.5. The van der Waals surface area contributed by atoms with Gasteiger partial charge in [-0.15, -0.1) is 0 Å². The largest absolute Gasteiger partial charge is 0.336 e. The van der Waals surface area contributed by atoms with Gasteiger partial charge in [0.15, 0.2) is 0 Å². The van der Waals surface area contributed by atoms with Gasteiger partial charge in [-0.25, -0.2) is 4.79 Å². The van der Waals surface area contributed by atoms with Gasteiger partial charge in [0.25, 0.3) is 5.91 Å². The lowest BCUT2D eigenvalue weighted by Crippen LogP contribution is -2.47. The van der Waals surface area contributed by atoms with E-state index in [0.29, 0.717) is 17.8 Å². The molecule has 7 heteroatoms. The third kappa shape index (κ3) is 4.22. The quantitative estimate of drug-likeness (QED) is 0.787. The summed E-state index contributed by atoms with van der Waals surface area (Å²) < 4.78 is 0. The van der Waals surface area contributed by atoms with Crippen LogP contribution in [0.15, 0.2) is 36.5 Å². The van der Waals surface area contributed by atoms with Gasteiger partial charge in [0.2, 0.25) is 0 Å². The van der Waals surface area contributed by atoms with Crippen molar-refractivity contribution >= 4 is 17.6 Å². The summed E-state index contributed by atoms with van der Waals surface area (Å²) in [6.07, 6.45) is 3.49. The molecule has 1 fully saturated rings. The topological polar surface area (TPSA) is 90.1 Å². The predicted octanol–water partition coefficient (Wildman–Crippen LogP) is 2.96. The number of likely N-dealkylation sites (tertiary alicyclic amines) is 1. The highest BCUT2D eigenvalue weighted by Crippen LogP contribution is 2.30. The number of piperidine rings is 1. The number of nitrogens with zero attached hydrogens (tertiary/aromatic N) is 2. The molecule has 0 bridgehead atoms. The molecule has 3 amide bonds. The first-order valence-electron chi connectivity index (χ1n) is 8.99. The maximum absolute atomic E-state index is 12.4. The molecule has 1 aliphatic rings. The molecule has 2 heterocycles. The van der Waals surface area contributed by atoms with Crippen molar-refractivity contribution in [3.05, 3.63) is 47.8 Å². The van der Waals surface area contributed by atoms with Gasteiger partial charge in [-0.1, -0.05) is 18.2 Å². The number of benzene rings is 1. The minimum atomic E-state index is -0.168. The van der Waals surface area contributed by atoms with Crippen LogP contribution in [0.5, 0.6) is 0 Å². The van der Waals surface area contributed by atoms with E-state index in [1.807, 2.05) is 36.9 Å². The van der Waals surface area contributed by atoms with E-state index in [9.17, 15) is 9.59 Å². The Morgan fingerprint density at radius 1 is 1.27 bits per heavy atom. The van der Waals surface area contributed by atoms with Crippen molar-refractivity contribution < 1.29 is 9.59 Å². The van der Waals surface area contributed by atoms with Gasteiger partial charge < -0.3 is 15.5 Å². The normalized spacial score (nSPS) is 17.2.